The predicted octanol–water partition coefficient (Wildman–Crippen LogP) is 1.84. The molecule has 19 heavy (non-hydrogen) atoms. The number of hydrogen-bond acceptors (Lipinski definition) is 5. The highest BCUT2D eigenvalue weighted by Crippen LogP contribution is 2.38. The molecule has 0 radical (unpaired) electrons. The molecule has 0 unspecified atom stereocenters. The fourth-order valence-corrected chi connectivity index (χ4v) is 1.73. The Hall–Kier alpha value is -1.46. The number of nitrogens with one attached hydrogen (secondary N) is 1. The van der Waals surface area contributed by atoms with Crippen molar-refractivity contribution < 1.29 is 18.9 Å². The van der Waals surface area contributed by atoms with Crippen molar-refractivity contribution in [3.63, 3.8) is 0 Å². The maximum absolute atomic E-state index is 5.58. The van der Waals surface area contributed by atoms with E-state index >= 15 is 0 Å². The number of ether oxygens (including phenoxy) is 4. The molecule has 1 aromatic rings. The zero-order chi connectivity index (χ0) is 14.1. The summed E-state index contributed by atoms with van der Waals surface area (Å²) in [6.07, 6.45) is 0. The van der Waals surface area contributed by atoms with E-state index in [1.807, 2.05) is 12.1 Å². The van der Waals surface area contributed by atoms with Crippen molar-refractivity contribution in [2.45, 2.75) is 13.5 Å². The molecule has 0 atom stereocenters. The monoisotopic (exact) mass is 269 g/mol. The Morgan fingerprint density at radius 3 is 2.11 bits per heavy atom. The van der Waals surface area contributed by atoms with E-state index in [0.717, 1.165) is 18.7 Å². The maximum atomic E-state index is 5.58. The van der Waals surface area contributed by atoms with E-state index in [2.05, 4.69) is 12.2 Å². The third-order valence-corrected chi connectivity index (χ3v) is 2.67. The van der Waals surface area contributed by atoms with Crippen LogP contribution in [0.25, 0.3) is 0 Å². The standard InChI is InChI=1S/C14H23NO4/c1-5-15-6-7-19-10-11-8-12(16-2)14(18-4)13(9-11)17-3/h8-9,15H,5-7,10H2,1-4H3. The Morgan fingerprint density at radius 2 is 1.63 bits per heavy atom. The lowest BCUT2D eigenvalue weighted by molar-refractivity contribution is 0.122. The normalized spacial score (nSPS) is 10.3. The first kappa shape index (κ1) is 15.6. The zero-order valence-corrected chi connectivity index (χ0v) is 12.1. The molecule has 1 rings (SSSR count). The van der Waals surface area contributed by atoms with Gasteiger partial charge in [0, 0.05) is 6.54 Å². The second kappa shape index (κ2) is 8.61. The molecular formula is C14H23NO4. The Kier molecular flexibility index (Phi) is 7.07. The van der Waals surface area contributed by atoms with Crippen molar-refractivity contribution in [3.05, 3.63) is 17.7 Å². The molecule has 0 aromatic heterocycles. The second-order valence-electron chi connectivity index (χ2n) is 3.94. The summed E-state index contributed by atoms with van der Waals surface area (Å²) in [7, 11) is 4.80. The molecule has 0 aliphatic heterocycles. The lowest BCUT2D eigenvalue weighted by Crippen LogP contribution is -2.18. The molecule has 0 saturated heterocycles. The number of benzene rings is 1. The topological polar surface area (TPSA) is 49.0 Å². The third kappa shape index (κ3) is 4.61. The molecule has 108 valence electrons. The molecule has 1 N–H and O–H groups in total. The number of likely N-dealkylation sites (N-methyl/N-ethyl adjacent to an activating group) is 1. The van der Waals surface area contributed by atoms with Crippen molar-refractivity contribution in [1.82, 2.24) is 5.32 Å². The predicted molar refractivity (Wildman–Crippen MR) is 74.3 cm³/mol. The van der Waals surface area contributed by atoms with Crippen LogP contribution in [0.3, 0.4) is 0 Å². The first-order chi connectivity index (χ1) is 9.26. The molecule has 0 spiro atoms. The van der Waals surface area contributed by atoms with Gasteiger partial charge in [-0.1, -0.05) is 6.92 Å². The van der Waals surface area contributed by atoms with Crippen LogP contribution >= 0.6 is 0 Å². The van der Waals surface area contributed by atoms with Crippen LogP contribution in [0.5, 0.6) is 17.2 Å². The highest BCUT2D eigenvalue weighted by atomic mass is 16.5. The Labute approximate surface area is 114 Å². The summed E-state index contributed by atoms with van der Waals surface area (Å²) < 4.78 is 21.4. The summed E-state index contributed by atoms with van der Waals surface area (Å²) in [5.74, 6) is 1.89. The van der Waals surface area contributed by atoms with Gasteiger partial charge in [-0.15, -0.1) is 0 Å². The zero-order valence-electron chi connectivity index (χ0n) is 12.1. The highest BCUT2D eigenvalue weighted by Gasteiger charge is 2.12. The van der Waals surface area contributed by atoms with E-state index in [1.165, 1.54) is 0 Å². The first-order valence-corrected chi connectivity index (χ1v) is 6.34. The quantitative estimate of drug-likeness (QED) is 0.693. The third-order valence-electron chi connectivity index (χ3n) is 2.67. The largest absolute Gasteiger partial charge is 0.493 e. The average Bonchev–Trinajstić information content (AvgIpc) is 2.45. The van der Waals surface area contributed by atoms with Crippen molar-refractivity contribution >= 4 is 0 Å². The molecule has 0 aliphatic carbocycles. The van der Waals surface area contributed by atoms with Crippen LogP contribution in [0.2, 0.25) is 0 Å². The molecule has 1 aromatic carbocycles. The first-order valence-electron chi connectivity index (χ1n) is 6.34. The van der Waals surface area contributed by atoms with E-state index in [9.17, 15) is 0 Å². The van der Waals surface area contributed by atoms with Gasteiger partial charge < -0.3 is 24.3 Å². The molecule has 0 amide bonds. The SMILES string of the molecule is CCNCCOCc1cc(OC)c(OC)c(OC)c1. The van der Waals surface area contributed by atoms with E-state index in [0.29, 0.717) is 30.5 Å². The minimum Gasteiger partial charge on any atom is -0.493 e. The number of hydrogen-bond donors (Lipinski definition) is 1. The van der Waals surface area contributed by atoms with E-state index in [4.69, 9.17) is 18.9 Å². The van der Waals surface area contributed by atoms with Gasteiger partial charge in [0.1, 0.15) is 0 Å². The fourth-order valence-electron chi connectivity index (χ4n) is 1.73. The summed E-state index contributed by atoms with van der Waals surface area (Å²) in [6.45, 7) is 5.06. The average molecular weight is 269 g/mol. The van der Waals surface area contributed by atoms with Gasteiger partial charge >= 0.3 is 0 Å². The summed E-state index contributed by atoms with van der Waals surface area (Å²) >= 11 is 0. The van der Waals surface area contributed by atoms with Crippen LogP contribution in [-0.2, 0) is 11.3 Å². The van der Waals surface area contributed by atoms with Crippen LogP contribution in [0.4, 0.5) is 0 Å². The number of rotatable bonds is 9. The van der Waals surface area contributed by atoms with Crippen LogP contribution in [-0.4, -0.2) is 41.0 Å². The smallest absolute Gasteiger partial charge is 0.203 e. The van der Waals surface area contributed by atoms with Gasteiger partial charge in [-0.3, -0.25) is 0 Å². The fraction of sp³-hybridized carbons (Fsp3) is 0.571. The Bertz CT molecular complexity index is 357. The lowest BCUT2D eigenvalue weighted by Gasteiger charge is -2.14. The van der Waals surface area contributed by atoms with E-state index in [1.54, 1.807) is 21.3 Å². The van der Waals surface area contributed by atoms with Crippen LogP contribution in [0, 0.1) is 0 Å². The minimum absolute atomic E-state index is 0.516. The summed E-state index contributed by atoms with van der Waals surface area (Å²) in [4.78, 5) is 0. The van der Waals surface area contributed by atoms with Crippen molar-refractivity contribution in [3.8, 4) is 17.2 Å². The van der Waals surface area contributed by atoms with Crippen molar-refractivity contribution in [2.75, 3.05) is 41.0 Å². The highest BCUT2D eigenvalue weighted by molar-refractivity contribution is 5.53. The molecule has 5 nitrogen and oxygen atoms in total. The van der Waals surface area contributed by atoms with Gasteiger partial charge in [0.05, 0.1) is 34.5 Å². The van der Waals surface area contributed by atoms with Gasteiger partial charge in [0.25, 0.3) is 0 Å². The van der Waals surface area contributed by atoms with Gasteiger partial charge in [-0.25, -0.2) is 0 Å². The van der Waals surface area contributed by atoms with Crippen LogP contribution in [0.1, 0.15) is 12.5 Å². The molecule has 0 aliphatic rings. The van der Waals surface area contributed by atoms with Gasteiger partial charge in [-0.2, -0.15) is 0 Å². The van der Waals surface area contributed by atoms with E-state index < -0.39 is 0 Å². The molecule has 0 fully saturated rings. The molecule has 0 bridgehead atoms. The molecular weight excluding hydrogens is 246 g/mol. The maximum Gasteiger partial charge on any atom is 0.203 e. The lowest BCUT2D eigenvalue weighted by atomic mass is 10.2. The van der Waals surface area contributed by atoms with Crippen LogP contribution < -0.4 is 19.5 Å². The Balaban J connectivity index is 2.68. The van der Waals surface area contributed by atoms with Gasteiger partial charge in [-0.05, 0) is 24.2 Å². The summed E-state index contributed by atoms with van der Waals surface area (Å²) in [6, 6.07) is 3.79. The van der Waals surface area contributed by atoms with Crippen LogP contribution in [0.15, 0.2) is 12.1 Å². The molecule has 5 heteroatoms. The molecule has 0 saturated carbocycles. The minimum atomic E-state index is 0.516. The van der Waals surface area contributed by atoms with Crippen molar-refractivity contribution in [1.29, 1.82) is 0 Å². The van der Waals surface area contributed by atoms with Crippen molar-refractivity contribution in [2.24, 2.45) is 0 Å². The summed E-state index contributed by atoms with van der Waals surface area (Å²) in [5.41, 5.74) is 0.992. The van der Waals surface area contributed by atoms with E-state index in [-0.39, 0.29) is 0 Å². The second-order valence-corrected chi connectivity index (χ2v) is 3.94. The number of methoxy groups -OCH3 is 3. The summed E-state index contributed by atoms with van der Waals surface area (Å²) in [5, 5.41) is 3.20. The van der Waals surface area contributed by atoms with Gasteiger partial charge in [0.2, 0.25) is 5.75 Å². The Morgan fingerprint density at radius 1 is 1.00 bits per heavy atom. The van der Waals surface area contributed by atoms with Gasteiger partial charge in [0.15, 0.2) is 11.5 Å². The molecule has 0 heterocycles.